The molecule has 1 aliphatic heterocycles. The first-order valence-corrected chi connectivity index (χ1v) is 10.4. The van der Waals surface area contributed by atoms with Gasteiger partial charge in [-0.05, 0) is 42.0 Å². The fourth-order valence-electron chi connectivity index (χ4n) is 3.71. The third-order valence-corrected chi connectivity index (χ3v) is 6.13. The van der Waals surface area contributed by atoms with Gasteiger partial charge >= 0.3 is 0 Å². The van der Waals surface area contributed by atoms with Crippen molar-refractivity contribution >= 4 is 23.2 Å². The van der Waals surface area contributed by atoms with Crippen molar-refractivity contribution in [2.75, 3.05) is 34.4 Å². The van der Waals surface area contributed by atoms with Crippen LogP contribution in [0.3, 0.4) is 0 Å². The number of amides is 2. The highest BCUT2D eigenvalue weighted by Crippen LogP contribution is 2.38. The van der Waals surface area contributed by atoms with E-state index in [0.29, 0.717) is 29.4 Å². The van der Waals surface area contributed by atoms with Crippen LogP contribution in [0, 0.1) is 0 Å². The molecular formula is C21H26N2O5S. The Balaban J connectivity index is 1.70. The van der Waals surface area contributed by atoms with Crippen LogP contribution in [0.2, 0.25) is 0 Å². The van der Waals surface area contributed by atoms with Crippen molar-refractivity contribution in [1.82, 2.24) is 10.2 Å². The van der Waals surface area contributed by atoms with E-state index in [0.717, 1.165) is 12.8 Å². The molecule has 0 spiro atoms. The van der Waals surface area contributed by atoms with E-state index < -0.39 is 0 Å². The molecule has 0 bridgehead atoms. The van der Waals surface area contributed by atoms with Gasteiger partial charge in [0.05, 0.1) is 33.9 Å². The van der Waals surface area contributed by atoms with E-state index in [1.165, 1.54) is 31.8 Å². The number of thiophene rings is 1. The lowest BCUT2D eigenvalue weighted by Gasteiger charge is -2.35. The number of hydrogen-bond donors (Lipinski definition) is 1. The van der Waals surface area contributed by atoms with Crippen LogP contribution in [0.15, 0.2) is 23.6 Å². The quantitative estimate of drug-likeness (QED) is 0.748. The van der Waals surface area contributed by atoms with E-state index in [9.17, 15) is 9.59 Å². The van der Waals surface area contributed by atoms with Gasteiger partial charge in [0.1, 0.15) is 0 Å². The molecule has 156 valence electrons. The molecule has 1 atom stereocenters. The van der Waals surface area contributed by atoms with Gasteiger partial charge in [-0.2, -0.15) is 0 Å². The first kappa shape index (κ1) is 21.0. The first-order valence-electron chi connectivity index (χ1n) is 9.47. The molecule has 1 aromatic heterocycles. The summed E-state index contributed by atoms with van der Waals surface area (Å²) in [5.74, 6) is 0.715. The average Bonchev–Trinajstić information content (AvgIpc) is 3.24. The highest BCUT2D eigenvalue weighted by Gasteiger charge is 2.30. The fraction of sp³-hybridized carbons (Fsp3) is 0.429. The summed E-state index contributed by atoms with van der Waals surface area (Å²) in [4.78, 5) is 28.7. The molecule has 0 fully saturated rings. The Morgan fingerprint density at radius 3 is 2.45 bits per heavy atom. The smallest absolute Gasteiger partial charge is 0.251 e. The summed E-state index contributed by atoms with van der Waals surface area (Å²) in [7, 11) is 4.48. The number of carbonyl (C=O) groups excluding carboxylic acids is 2. The van der Waals surface area contributed by atoms with Crippen molar-refractivity contribution in [2.24, 2.45) is 0 Å². The van der Waals surface area contributed by atoms with Crippen LogP contribution in [0.4, 0.5) is 0 Å². The zero-order valence-corrected chi connectivity index (χ0v) is 17.9. The summed E-state index contributed by atoms with van der Waals surface area (Å²) in [5.41, 5.74) is 1.56. The van der Waals surface area contributed by atoms with Gasteiger partial charge in [0, 0.05) is 17.0 Å². The minimum Gasteiger partial charge on any atom is -0.493 e. The van der Waals surface area contributed by atoms with Gasteiger partial charge in [0.25, 0.3) is 5.91 Å². The molecule has 1 aliphatic rings. The lowest BCUT2D eigenvalue weighted by Crippen LogP contribution is -2.44. The fourth-order valence-corrected chi connectivity index (χ4v) is 4.64. The van der Waals surface area contributed by atoms with E-state index in [2.05, 4.69) is 23.7 Å². The molecule has 1 aromatic carbocycles. The molecule has 1 N–H and O–H groups in total. The van der Waals surface area contributed by atoms with Crippen molar-refractivity contribution in [1.29, 1.82) is 0 Å². The number of hydrogen-bond acceptors (Lipinski definition) is 6. The number of nitrogens with zero attached hydrogens (tertiary/aromatic N) is 1. The Hall–Kier alpha value is -2.74. The van der Waals surface area contributed by atoms with Crippen molar-refractivity contribution in [3.05, 3.63) is 39.6 Å². The van der Waals surface area contributed by atoms with Crippen molar-refractivity contribution in [2.45, 2.75) is 25.8 Å². The van der Waals surface area contributed by atoms with Gasteiger partial charge in [0.2, 0.25) is 11.7 Å². The maximum Gasteiger partial charge on any atom is 0.251 e. The van der Waals surface area contributed by atoms with Crippen LogP contribution in [0.25, 0.3) is 0 Å². The average molecular weight is 419 g/mol. The van der Waals surface area contributed by atoms with E-state index in [1.54, 1.807) is 23.5 Å². The molecule has 0 aliphatic carbocycles. The van der Waals surface area contributed by atoms with Gasteiger partial charge in [-0.3, -0.25) is 9.59 Å². The van der Waals surface area contributed by atoms with E-state index in [-0.39, 0.29) is 24.4 Å². The SMILES string of the molecule is CC[C@H]1c2ccsc2CCN1C(=O)CNC(=O)c1cc(OC)c(OC)c(OC)c1. The lowest BCUT2D eigenvalue weighted by molar-refractivity contribution is -0.133. The molecule has 2 heterocycles. The van der Waals surface area contributed by atoms with Gasteiger partial charge in [-0.1, -0.05) is 6.92 Å². The number of methoxy groups -OCH3 is 3. The van der Waals surface area contributed by atoms with Crippen molar-refractivity contribution in [3.63, 3.8) is 0 Å². The number of benzene rings is 1. The summed E-state index contributed by atoms with van der Waals surface area (Å²) in [6.07, 6.45) is 1.70. The number of fused-ring (bicyclic) bond motifs is 1. The predicted octanol–water partition coefficient (Wildman–Crippen LogP) is 3.04. The topological polar surface area (TPSA) is 77.1 Å². The number of ether oxygens (including phenoxy) is 3. The standard InChI is InChI=1S/C21H26N2O5S/c1-5-15-14-7-9-29-18(14)6-8-23(15)19(24)12-22-21(25)13-10-16(26-2)20(28-4)17(11-13)27-3/h7,9-11,15H,5-6,8,12H2,1-4H3,(H,22,25)/t15-/m0/s1. The first-order chi connectivity index (χ1) is 14.0. The number of carbonyl (C=O) groups is 2. The van der Waals surface area contributed by atoms with Crippen LogP contribution >= 0.6 is 11.3 Å². The minimum atomic E-state index is -0.376. The molecule has 2 amide bonds. The normalized spacial score (nSPS) is 15.4. The van der Waals surface area contributed by atoms with Gasteiger partial charge < -0.3 is 24.4 Å². The maximum absolute atomic E-state index is 12.8. The van der Waals surface area contributed by atoms with Crippen LogP contribution in [0.5, 0.6) is 17.2 Å². The van der Waals surface area contributed by atoms with Gasteiger partial charge in [0.15, 0.2) is 11.5 Å². The lowest BCUT2D eigenvalue weighted by atomic mass is 9.98. The summed E-state index contributed by atoms with van der Waals surface area (Å²) in [5, 5.41) is 4.80. The van der Waals surface area contributed by atoms with Gasteiger partial charge in [-0.15, -0.1) is 11.3 Å². The minimum absolute atomic E-state index is 0.0640. The molecule has 8 heteroatoms. The van der Waals surface area contributed by atoms with Crippen molar-refractivity contribution in [3.8, 4) is 17.2 Å². The second-order valence-corrected chi connectivity index (χ2v) is 7.66. The molecule has 2 aromatic rings. The third kappa shape index (κ3) is 4.17. The zero-order valence-electron chi connectivity index (χ0n) is 17.1. The Labute approximate surface area is 174 Å². The summed E-state index contributed by atoms with van der Waals surface area (Å²) in [6.45, 7) is 2.68. The zero-order chi connectivity index (χ0) is 21.0. The number of nitrogens with one attached hydrogen (secondary N) is 1. The number of rotatable bonds is 7. The van der Waals surface area contributed by atoms with Crippen LogP contribution in [0.1, 0.15) is 40.2 Å². The molecule has 7 nitrogen and oxygen atoms in total. The van der Waals surface area contributed by atoms with Crippen LogP contribution in [-0.2, 0) is 11.2 Å². The molecule has 0 unspecified atom stereocenters. The van der Waals surface area contributed by atoms with E-state index in [1.807, 2.05) is 4.90 Å². The summed E-state index contributed by atoms with van der Waals surface area (Å²) < 4.78 is 15.8. The second-order valence-electron chi connectivity index (χ2n) is 6.66. The molecule has 3 rings (SSSR count). The van der Waals surface area contributed by atoms with Crippen molar-refractivity contribution < 1.29 is 23.8 Å². The highest BCUT2D eigenvalue weighted by atomic mass is 32.1. The Morgan fingerprint density at radius 2 is 1.86 bits per heavy atom. The van der Waals surface area contributed by atoms with Crippen LogP contribution in [-0.4, -0.2) is 51.1 Å². The Kier molecular flexibility index (Phi) is 6.64. The predicted molar refractivity (Wildman–Crippen MR) is 111 cm³/mol. The summed E-state index contributed by atoms with van der Waals surface area (Å²) >= 11 is 1.74. The van der Waals surface area contributed by atoms with Crippen LogP contribution < -0.4 is 19.5 Å². The Morgan fingerprint density at radius 1 is 1.17 bits per heavy atom. The van der Waals surface area contributed by atoms with E-state index >= 15 is 0 Å². The monoisotopic (exact) mass is 418 g/mol. The molecule has 0 saturated heterocycles. The molecule has 0 radical (unpaired) electrons. The largest absolute Gasteiger partial charge is 0.493 e. The maximum atomic E-state index is 12.8. The second kappa shape index (κ2) is 9.17. The molecule has 29 heavy (non-hydrogen) atoms. The molecule has 0 saturated carbocycles. The summed E-state index contributed by atoms with van der Waals surface area (Å²) in [6, 6.07) is 5.29. The molecular weight excluding hydrogens is 392 g/mol. The third-order valence-electron chi connectivity index (χ3n) is 5.13. The highest BCUT2D eigenvalue weighted by molar-refractivity contribution is 7.10. The van der Waals surface area contributed by atoms with Gasteiger partial charge in [-0.25, -0.2) is 0 Å². The Bertz CT molecular complexity index is 870. The van der Waals surface area contributed by atoms with E-state index in [4.69, 9.17) is 14.2 Å².